The highest BCUT2D eigenvalue weighted by molar-refractivity contribution is 5.97. The molecule has 0 N–H and O–H groups in total. The van der Waals surface area contributed by atoms with E-state index in [1.54, 1.807) is 10.9 Å². The van der Waals surface area contributed by atoms with E-state index in [0.29, 0.717) is 11.0 Å². The molecule has 1 saturated heterocycles. The average molecular weight is 326 g/mol. The topological polar surface area (TPSA) is 51.0 Å². The molecule has 2 aromatic heterocycles. The van der Waals surface area contributed by atoms with Crippen LogP contribution in [-0.2, 0) is 7.05 Å². The number of carbonyl (C=O) groups is 1. The van der Waals surface area contributed by atoms with Crippen molar-refractivity contribution in [3.63, 3.8) is 0 Å². The Kier molecular flexibility index (Phi) is 3.82. The monoisotopic (exact) mass is 326 g/mol. The Labute approximate surface area is 143 Å². The van der Waals surface area contributed by atoms with Crippen molar-refractivity contribution in [3.05, 3.63) is 23.5 Å². The van der Waals surface area contributed by atoms with Crippen LogP contribution >= 0.6 is 0 Å². The van der Waals surface area contributed by atoms with Gasteiger partial charge >= 0.3 is 0 Å². The lowest BCUT2D eigenvalue weighted by atomic mass is 9.68. The van der Waals surface area contributed by atoms with E-state index in [1.807, 2.05) is 24.9 Å². The predicted octanol–water partition coefficient (Wildman–Crippen LogP) is 3.46. The molecule has 5 nitrogen and oxygen atoms in total. The van der Waals surface area contributed by atoms with Gasteiger partial charge in [0.2, 0.25) is 0 Å². The zero-order chi connectivity index (χ0) is 16.7. The highest BCUT2D eigenvalue weighted by Gasteiger charge is 2.36. The van der Waals surface area contributed by atoms with Crippen LogP contribution in [0.5, 0.6) is 0 Å². The van der Waals surface area contributed by atoms with Gasteiger partial charge in [-0.3, -0.25) is 9.48 Å². The van der Waals surface area contributed by atoms with Crippen molar-refractivity contribution in [2.75, 3.05) is 13.1 Å². The molecule has 2 fully saturated rings. The number of pyridine rings is 1. The number of rotatable bonds is 1. The SMILES string of the molecule is Cc1nn(C)c2ncc(C(=O)N3CCC4(CCCCC4)CC3)cc12. The van der Waals surface area contributed by atoms with E-state index in [2.05, 4.69) is 10.1 Å². The number of fused-ring (bicyclic) bond motifs is 1. The number of aryl methyl sites for hydroxylation is 2. The molecule has 0 aromatic carbocycles. The third-order valence-electron chi connectivity index (χ3n) is 6.14. The molecule has 1 spiro atoms. The highest BCUT2D eigenvalue weighted by atomic mass is 16.2. The maximum absolute atomic E-state index is 12.9. The van der Waals surface area contributed by atoms with Gasteiger partial charge in [0.25, 0.3) is 5.91 Å². The minimum Gasteiger partial charge on any atom is -0.339 e. The van der Waals surface area contributed by atoms with Gasteiger partial charge in [0, 0.05) is 31.7 Å². The van der Waals surface area contributed by atoms with Crippen LogP contribution in [-0.4, -0.2) is 38.7 Å². The van der Waals surface area contributed by atoms with Crippen LogP contribution in [0.2, 0.25) is 0 Å². The fraction of sp³-hybridized carbons (Fsp3) is 0.632. The lowest BCUT2D eigenvalue weighted by molar-refractivity contribution is 0.0472. The molecule has 4 rings (SSSR count). The summed E-state index contributed by atoms with van der Waals surface area (Å²) in [4.78, 5) is 19.4. The maximum Gasteiger partial charge on any atom is 0.255 e. The molecule has 0 bridgehead atoms. The number of aromatic nitrogens is 3. The van der Waals surface area contributed by atoms with Crippen LogP contribution in [0.4, 0.5) is 0 Å². The first-order valence-corrected chi connectivity index (χ1v) is 9.17. The Morgan fingerprint density at radius 2 is 1.83 bits per heavy atom. The van der Waals surface area contributed by atoms with Crippen molar-refractivity contribution in [1.82, 2.24) is 19.7 Å². The van der Waals surface area contributed by atoms with Gasteiger partial charge in [-0.15, -0.1) is 0 Å². The molecular formula is C19H26N4O. The second-order valence-electron chi connectivity index (χ2n) is 7.66. The number of hydrogen-bond acceptors (Lipinski definition) is 3. The summed E-state index contributed by atoms with van der Waals surface area (Å²) in [7, 11) is 1.89. The van der Waals surface area contributed by atoms with Gasteiger partial charge in [0.05, 0.1) is 11.3 Å². The predicted molar refractivity (Wildman–Crippen MR) is 93.9 cm³/mol. The Hall–Kier alpha value is -1.91. The number of amides is 1. The number of hydrogen-bond donors (Lipinski definition) is 0. The normalized spacial score (nSPS) is 20.7. The van der Waals surface area contributed by atoms with E-state index < -0.39 is 0 Å². The Bertz CT molecular complexity index is 763. The molecule has 5 heteroatoms. The Morgan fingerprint density at radius 3 is 2.54 bits per heavy atom. The molecule has 0 atom stereocenters. The summed E-state index contributed by atoms with van der Waals surface area (Å²) in [6.07, 6.45) is 10.9. The number of carbonyl (C=O) groups excluding carboxylic acids is 1. The molecule has 128 valence electrons. The molecule has 1 saturated carbocycles. The smallest absolute Gasteiger partial charge is 0.255 e. The van der Waals surface area contributed by atoms with E-state index in [1.165, 1.54) is 44.9 Å². The molecule has 3 heterocycles. The molecule has 0 unspecified atom stereocenters. The fourth-order valence-electron chi connectivity index (χ4n) is 4.59. The molecule has 2 aromatic rings. The van der Waals surface area contributed by atoms with Gasteiger partial charge in [0.1, 0.15) is 0 Å². The zero-order valence-electron chi connectivity index (χ0n) is 14.7. The fourth-order valence-corrected chi connectivity index (χ4v) is 4.59. The summed E-state index contributed by atoms with van der Waals surface area (Å²) in [5, 5.41) is 5.37. The zero-order valence-corrected chi connectivity index (χ0v) is 14.7. The summed E-state index contributed by atoms with van der Waals surface area (Å²) >= 11 is 0. The standard InChI is InChI=1S/C19H26N4O/c1-14-16-12-15(13-20-17(16)22(2)21-14)18(24)23-10-8-19(9-11-23)6-4-3-5-7-19/h12-13H,3-11H2,1-2H3. The van der Waals surface area contributed by atoms with E-state index in [0.717, 1.165) is 29.8 Å². The lowest BCUT2D eigenvalue weighted by Gasteiger charge is -2.44. The van der Waals surface area contributed by atoms with E-state index in [9.17, 15) is 4.79 Å². The summed E-state index contributed by atoms with van der Waals surface area (Å²) in [6.45, 7) is 3.75. The lowest BCUT2D eigenvalue weighted by Crippen LogP contribution is -2.43. The number of nitrogens with zero attached hydrogens (tertiary/aromatic N) is 4. The van der Waals surface area contributed by atoms with E-state index in [-0.39, 0.29) is 5.91 Å². The first-order chi connectivity index (χ1) is 11.6. The number of likely N-dealkylation sites (tertiary alicyclic amines) is 1. The van der Waals surface area contributed by atoms with Gasteiger partial charge in [-0.2, -0.15) is 5.10 Å². The Balaban J connectivity index is 1.51. The van der Waals surface area contributed by atoms with Gasteiger partial charge < -0.3 is 4.90 Å². The molecule has 2 aliphatic rings. The summed E-state index contributed by atoms with van der Waals surface area (Å²) < 4.78 is 1.77. The first-order valence-electron chi connectivity index (χ1n) is 9.17. The van der Waals surface area contributed by atoms with Gasteiger partial charge in [0.15, 0.2) is 5.65 Å². The van der Waals surface area contributed by atoms with Crippen molar-refractivity contribution in [1.29, 1.82) is 0 Å². The van der Waals surface area contributed by atoms with Crippen molar-refractivity contribution >= 4 is 16.9 Å². The largest absolute Gasteiger partial charge is 0.339 e. The van der Waals surface area contributed by atoms with Gasteiger partial charge in [-0.1, -0.05) is 19.3 Å². The molecule has 24 heavy (non-hydrogen) atoms. The molecule has 1 aliphatic carbocycles. The van der Waals surface area contributed by atoms with Crippen molar-refractivity contribution < 1.29 is 4.79 Å². The third kappa shape index (κ3) is 2.60. The quantitative estimate of drug-likeness (QED) is 0.806. The van der Waals surface area contributed by atoms with E-state index >= 15 is 0 Å². The molecule has 0 radical (unpaired) electrons. The second kappa shape index (κ2) is 5.87. The molecule has 1 aliphatic heterocycles. The number of piperidine rings is 1. The summed E-state index contributed by atoms with van der Waals surface area (Å²) in [5.74, 6) is 0.123. The van der Waals surface area contributed by atoms with Crippen LogP contribution in [0.15, 0.2) is 12.3 Å². The maximum atomic E-state index is 12.9. The van der Waals surface area contributed by atoms with Gasteiger partial charge in [-0.25, -0.2) is 4.98 Å². The van der Waals surface area contributed by atoms with Crippen LogP contribution in [0.3, 0.4) is 0 Å². The van der Waals surface area contributed by atoms with E-state index in [4.69, 9.17) is 0 Å². The summed E-state index contributed by atoms with van der Waals surface area (Å²) in [6, 6.07) is 1.96. The third-order valence-corrected chi connectivity index (χ3v) is 6.14. The van der Waals surface area contributed by atoms with Crippen LogP contribution in [0, 0.1) is 12.3 Å². The van der Waals surface area contributed by atoms with Crippen molar-refractivity contribution in [3.8, 4) is 0 Å². The van der Waals surface area contributed by atoms with Crippen LogP contribution in [0.25, 0.3) is 11.0 Å². The second-order valence-corrected chi connectivity index (χ2v) is 7.66. The van der Waals surface area contributed by atoms with Gasteiger partial charge in [-0.05, 0) is 44.1 Å². The molecular weight excluding hydrogens is 300 g/mol. The van der Waals surface area contributed by atoms with Crippen LogP contribution < -0.4 is 0 Å². The average Bonchev–Trinajstić information content (AvgIpc) is 2.89. The first kappa shape index (κ1) is 15.6. The minimum absolute atomic E-state index is 0.123. The van der Waals surface area contributed by atoms with Crippen LogP contribution in [0.1, 0.15) is 61.0 Å². The van der Waals surface area contributed by atoms with Crippen molar-refractivity contribution in [2.24, 2.45) is 12.5 Å². The van der Waals surface area contributed by atoms with Crippen molar-refractivity contribution in [2.45, 2.75) is 51.9 Å². The minimum atomic E-state index is 0.123. The molecule has 1 amide bonds. The highest BCUT2D eigenvalue weighted by Crippen LogP contribution is 2.44. The Morgan fingerprint density at radius 1 is 1.12 bits per heavy atom. The summed E-state index contributed by atoms with van der Waals surface area (Å²) in [5.41, 5.74) is 2.98.